The lowest BCUT2D eigenvalue weighted by molar-refractivity contribution is 0.166. The van der Waals surface area contributed by atoms with E-state index >= 15 is 0 Å². The van der Waals surface area contributed by atoms with Crippen molar-refractivity contribution in [2.24, 2.45) is 5.73 Å². The first-order valence-electron chi connectivity index (χ1n) is 7.14. The van der Waals surface area contributed by atoms with E-state index in [1.54, 1.807) is 12.4 Å². The van der Waals surface area contributed by atoms with E-state index in [0.717, 1.165) is 10.6 Å². The van der Waals surface area contributed by atoms with E-state index in [4.69, 9.17) is 17.3 Å². The van der Waals surface area contributed by atoms with Gasteiger partial charge in [-0.3, -0.25) is 9.88 Å². The fourth-order valence-electron chi connectivity index (χ4n) is 2.74. The average Bonchev–Trinajstić information content (AvgIpc) is 2.48. The molecule has 0 bridgehead atoms. The van der Waals surface area contributed by atoms with Crippen molar-refractivity contribution in [1.82, 2.24) is 9.88 Å². The van der Waals surface area contributed by atoms with E-state index < -0.39 is 0 Å². The molecule has 2 aromatic rings. The van der Waals surface area contributed by atoms with Crippen LogP contribution in [0.2, 0.25) is 5.02 Å². The van der Waals surface area contributed by atoms with Gasteiger partial charge in [-0.25, -0.2) is 0 Å². The molecule has 0 saturated heterocycles. The molecule has 2 N–H and O–H groups in total. The Morgan fingerprint density at radius 2 is 1.71 bits per heavy atom. The highest BCUT2D eigenvalue weighted by Gasteiger charge is 2.26. The largest absolute Gasteiger partial charge is 0.326 e. The molecule has 0 fully saturated rings. The van der Waals surface area contributed by atoms with E-state index in [0.29, 0.717) is 0 Å². The van der Waals surface area contributed by atoms with Gasteiger partial charge in [-0.2, -0.15) is 0 Å². The molecule has 1 aromatic heterocycles. The van der Waals surface area contributed by atoms with Crippen molar-refractivity contribution in [3.05, 3.63) is 64.9 Å². The second-order valence-electron chi connectivity index (χ2n) is 5.45. The first-order valence-corrected chi connectivity index (χ1v) is 7.52. The quantitative estimate of drug-likeness (QED) is 0.913. The molecule has 0 saturated carbocycles. The van der Waals surface area contributed by atoms with Gasteiger partial charge in [-0.1, -0.05) is 29.8 Å². The van der Waals surface area contributed by atoms with Gasteiger partial charge < -0.3 is 5.73 Å². The molecule has 0 aliphatic heterocycles. The fourth-order valence-corrected chi connectivity index (χ4v) is 3.04. The molecule has 0 aliphatic rings. The number of nitrogens with two attached hydrogens (primary N) is 1. The summed E-state index contributed by atoms with van der Waals surface area (Å²) in [7, 11) is 2.09. The van der Waals surface area contributed by atoms with Crippen molar-refractivity contribution < 1.29 is 0 Å². The van der Waals surface area contributed by atoms with Gasteiger partial charge in [-0.15, -0.1) is 0 Å². The minimum atomic E-state index is 0.00216. The fraction of sp³-hybridized carbons (Fsp3) is 0.353. The monoisotopic (exact) mass is 303 g/mol. The molecule has 4 heteroatoms. The predicted molar refractivity (Wildman–Crippen MR) is 88.3 cm³/mol. The number of hydrogen-bond donors (Lipinski definition) is 1. The summed E-state index contributed by atoms with van der Waals surface area (Å²) in [5.41, 5.74) is 8.51. The minimum absolute atomic E-state index is 0.00216. The molecule has 2 rings (SSSR count). The molecule has 0 spiro atoms. The summed E-state index contributed by atoms with van der Waals surface area (Å²) in [5, 5.41) is 0.787. The van der Waals surface area contributed by atoms with Crippen LogP contribution in [0.25, 0.3) is 0 Å². The number of rotatable bonds is 5. The molecule has 1 heterocycles. The van der Waals surface area contributed by atoms with Crippen LogP contribution in [0.4, 0.5) is 0 Å². The number of likely N-dealkylation sites (N-methyl/N-ethyl adjacent to an activating group) is 1. The summed E-state index contributed by atoms with van der Waals surface area (Å²) >= 11 is 6.33. The van der Waals surface area contributed by atoms with Gasteiger partial charge in [0.15, 0.2) is 0 Å². The van der Waals surface area contributed by atoms with Crippen LogP contribution in [0.15, 0.2) is 48.8 Å². The Bertz CT molecular complexity index is 571. The highest BCUT2D eigenvalue weighted by Crippen LogP contribution is 2.33. The van der Waals surface area contributed by atoms with Crippen molar-refractivity contribution in [3.8, 4) is 0 Å². The van der Waals surface area contributed by atoms with E-state index in [1.165, 1.54) is 5.56 Å². The zero-order valence-electron chi connectivity index (χ0n) is 12.7. The molecule has 3 nitrogen and oxygen atoms in total. The number of benzene rings is 1. The molecule has 3 unspecified atom stereocenters. The maximum absolute atomic E-state index is 6.33. The van der Waals surface area contributed by atoms with Crippen LogP contribution < -0.4 is 5.73 Å². The molecular weight excluding hydrogens is 282 g/mol. The van der Waals surface area contributed by atoms with E-state index in [2.05, 4.69) is 29.9 Å². The Hall–Kier alpha value is -1.42. The number of pyridine rings is 1. The highest BCUT2D eigenvalue weighted by molar-refractivity contribution is 6.31. The third-order valence-electron chi connectivity index (χ3n) is 3.95. The van der Waals surface area contributed by atoms with Crippen molar-refractivity contribution in [1.29, 1.82) is 0 Å². The van der Waals surface area contributed by atoms with Crippen LogP contribution in [-0.4, -0.2) is 23.0 Å². The molecule has 0 aliphatic carbocycles. The van der Waals surface area contributed by atoms with Gasteiger partial charge in [0.2, 0.25) is 0 Å². The van der Waals surface area contributed by atoms with Crippen molar-refractivity contribution in [2.45, 2.75) is 32.0 Å². The summed E-state index contributed by atoms with van der Waals surface area (Å²) in [6.45, 7) is 4.18. The van der Waals surface area contributed by atoms with Crippen molar-refractivity contribution in [2.75, 3.05) is 7.05 Å². The lowest BCUT2D eigenvalue weighted by atomic mass is 9.97. The first kappa shape index (κ1) is 16.0. The van der Waals surface area contributed by atoms with Crippen molar-refractivity contribution >= 4 is 11.6 Å². The van der Waals surface area contributed by atoms with Crippen LogP contribution in [0.1, 0.15) is 37.1 Å². The SMILES string of the molecule is CC(N)C(c1ccncc1)N(C)C(C)c1ccccc1Cl. The highest BCUT2D eigenvalue weighted by atomic mass is 35.5. The van der Waals surface area contributed by atoms with Crippen LogP contribution in [0.3, 0.4) is 0 Å². The predicted octanol–water partition coefficient (Wildman–Crippen LogP) is 3.82. The number of halogens is 1. The smallest absolute Gasteiger partial charge is 0.0500 e. The second kappa shape index (κ2) is 7.03. The standard InChI is InChI=1S/C17H22ClN3/c1-12(19)17(14-8-10-20-11-9-14)21(3)13(2)15-6-4-5-7-16(15)18/h4-13,17H,19H2,1-3H3. The molecule has 112 valence electrons. The molecule has 3 atom stereocenters. The molecule has 0 amide bonds. The third kappa shape index (κ3) is 3.62. The second-order valence-corrected chi connectivity index (χ2v) is 5.85. The van der Waals surface area contributed by atoms with Gasteiger partial charge in [-0.05, 0) is 50.2 Å². The maximum Gasteiger partial charge on any atom is 0.0500 e. The van der Waals surface area contributed by atoms with Crippen LogP contribution >= 0.6 is 11.6 Å². The van der Waals surface area contributed by atoms with Crippen molar-refractivity contribution in [3.63, 3.8) is 0 Å². The van der Waals surface area contributed by atoms with E-state index in [1.807, 2.05) is 37.3 Å². The molecule has 1 aromatic carbocycles. The Morgan fingerprint density at radius 3 is 2.29 bits per heavy atom. The summed E-state index contributed by atoms with van der Waals surface area (Å²) in [4.78, 5) is 6.35. The number of aromatic nitrogens is 1. The van der Waals surface area contributed by atoms with Crippen LogP contribution in [0, 0.1) is 0 Å². The zero-order valence-corrected chi connectivity index (χ0v) is 13.5. The Labute approximate surface area is 131 Å². The van der Waals surface area contributed by atoms with Gasteiger partial charge in [0.1, 0.15) is 0 Å². The first-order chi connectivity index (χ1) is 10.0. The Balaban J connectivity index is 2.31. The number of nitrogens with zero attached hydrogens (tertiary/aromatic N) is 2. The van der Waals surface area contributed by atoms with Gasteiger partial charge >= 0.3 is 0 Å². The molecule has 21 heavy (non-hydrogen) atoms. The topological polar surface area (TPSA) is 42.1 Å². The maximum atomic E-state index is 6.33. The van der Waals surface area contributed by atoms with Crippen LogP contribution in [-0.2, 0) is 0 Å². The van der Waals surface area contributed by atoms with Crippen LogP contribution in [0.5, 0.6) is 0 Å². The average molecular weight is 304 g/mol. The lowest BCUT2D eigenvalue weighted by Crippen LogP contribution is -2.38. The Morgan fingerprint density at radius 1 is 1.10 bits per heavy atom. The van der Waals surface area contributed by atoms with Gasteiger partial charge in [0.25, 0.3) is 0 Å². The zero-order chi connectivity index (χ0) is 15.4. The van der Waals surface area contributed by atoms with E-state index in [9.17, 15) is 0 Å². The van der Waals surface area contributed by atoms with Gasteiger partial charge in [0, 0.05) is 29.5 Å². The normalized spacial score (nSPS) is 15.7. The Kier molecular flexibility index (Phi) is 5.34. The van der Waals surface area contributed by atoms with Gasteiger partial charge in [0.05, 0.1) is 6.04 Å². The molecule has 0 radical (unpaired) electrons. The summed E-state index contributed by atoms with van der Waals surface area (Å²) in [6.07, 6.45) is 3.61. The summed E-state index contributed by atoms with van der Waals surface area (Å²) in [6, 6.07) is 12.3. The summed E-state index contributed by atoms with van der Waals surface area (Å²) in [5.74, 6) is 0. The molecular formula is C17H22ClN3. The lowest BCUT2D eigenvalue weighted by Gasteiger charge is -2.36. The van der Waals surface area contributed by atoms with E-state index in [-0.39, 0.29) is 18.1 Å². The number of hydrogen-bond acceptors (Lipinski definition) is 3. The minimum Gasteiger partial charge on any atom is -0.326 e. The third-order valence-corrected chi connectivity index (χ3v) is 4.29. The summed E-state index contributed by atoms with van der Waals surface area (Å²) < 4.78 is 0.